The molecular weight excluding hydrogens is 282 g/mol. The summed E-state index contributed by atoms with van der Waals surface area (Å²) >= 11 is 0. The summed E-state index contributed by atoms with van der Waals surface area (Å²) in [5.74, 6) is 0.174. The minimum atomic E-state index is -3.81. The summed E-state index contributed by atoms with van der Waals surface area (Å²) in [5, 5.41) is 9.16. The van der Waals surface area contributed by atoms with Gasteiger partial charge in [-0.15, -0.1) is 0 Å². The number of nitrogens with one attached hydrogen (secondary N) is 1. The van der Waals surface area contributed by atoms with Crippen molar-refractivity contribution in [1.29, 1.82) is 0 Å². The van der Waals surface area contributed by atoms with E-state index < -0.39 is 10.0 Å². The van der Waals surface area contributed by atoms with Gasteiger partial charge in [0.2, 0.25) is 11.8 Å². The molecule has 20 heavy (non-hydrogen) atoms. The molecule has 0 fully saturated rings. The van der Waals surface area contributed by atoms with Crippen molar-refractivity contribution in [2.75, 3.05) is 11.8 Å². The third-order valence-electron chi connectivity index (χ3n) is 2.41. The molecule has 0 aliphatic heterocycles. The van der Waals surface area contributed by atoms with Gasteiger partial charge in [-0.25, -0.2) is 18.1 Å². The van der Waals surface area contributed by atoms with E-state index in [1.165, 1.54) is 31.4 Å². The van der Waals surface area contributed by atoms with Gasteiger partial charge >= 0.3 is 0 Å². The second-order valence-electron chi connectivity index (χ2n) is 3.97. The normalized spacial score (nSPS) is 11.1. The lowest BCUT2D eigenvalue weighted by Crippen LogP contribution is -2.15. The SMILES string of the molecule is COc1cc(C)nc(NS(=O)(=O)c2ccc(O)cc2)n1. The number of sulfonamides is 1. The standard InChI is InChI=1S/C12H13N3O4S/c1-8-7-11(19-2)14-12(13-8)15-20(17,18)10-5-3-9(16)4-6-10/h3-7,16H,1-2H3,(H,13,14,15). The molecule has 2 N–H and O–H groups in total. The Balaban J connectivity index is 2.33. The molecule has 0 spiro atoms. The van der Waals surface area contributed by atoms with E-state index in [1.807, 2.05) is 0 Å². The average Bonchev–Trinajstić information content (AvgIpc) is 2.37. The summed E-state index contributed by atoms with van der Waals surface area (Å²) in [6.07, 6.45) is 0. The smallest absolute Gasteiger partial charge is 0.264 e. The second kappa shape index (κ2) is 5.33. The fourth-order valence-corrected chi connectivity index (χ4v) is 2.44. The molecule has 1 heterocycles. The molecule has 0 aliphatic rings. The maximum atomic E-state index is 12.1. The Hall–Kier alpha value is -2.35. The molecule has 0 aliphatic carbocycles. The molecule has 0 amide bonds. The van der Waals surface area contributed by atoms with Crippen LogP contribution in [0.4, 0.5) is 5.95 Å². The molecule has 106 valence electrons. The van der Waals surface area contributed by atoms with E-state index in [2.05, 4.69) is 14.7 Å². The summed E-state index contributed by atoms with van der Waals surface area (Å²) in [6, 6.07) is 6.71. The van der Waals surface area contributed by atoms with E-state index in [4.69, 9.17) is 9.84 Å². The largest absolute Gasteiger partial charge is 0.508 e. The van der Waals surface area contributed by atoms with E-state index in [1.54, 1.807) is 13.0 Å². The highest BCUT2D eigenvalue weighted by Crippen LogP contribution is 2.18. The molecule has 7 nitrogen and oxygen atoms in total. The lowest BCUT2D eigenvalue weighted by atomic mass is 10.3. The van der Waals surface area contributed by atoms with Gasteiger partial charge in [0.1, 0.15) is 5.75 Å². The summed E-state index contributed by atoms with van der Waals surface area (Å²) in [6.45, 7) is 1.70. The van der Waals surface area contributed by atoms with Crippen LogP contribution in [0.15, 0.2) is 35.2 Å². The van der Waals surface area contributed by atoms with Crippen LogP contribution in [0.3, 0.4) is 0 Å². The number of phenolic OH excluding ortho intramolecular Hbond substituents is 1. The van der Waals surface area contributed by atoms with Crippen LogP contribution in [0, 0.1) is 6.92 Å². The van der Waals surface area contributed by atoms with Crippen molar-refractivity contribution in [2.24, 2.45) is 0 Å². The molecule has 0 saturated carbocycles. The van der Waals surface area contributed by atoms with Crippen molar-refractivity contribution in [1.82, 2.24) is 9.97 Å². The number of benzene rings is 1. The highest BCUT2D eigenvalue weighted by atomic mass is 32.2. The zero-order chi connectivity index (χ0) is 14.8. The molecule has 1 aromatic heterocycles. The molecule has 0 radical (unpaired) electrons. The molecule has 0 bridgehead atoms. The fourth-order valence-electron chi connectivity index (χ4n) is 1.49. The Kier molecular flexibility index (Phi) is 3.75. The highest BCUT2D eigenvalue weighted by molar-refractivity contribution is 7.92. The lowest BCUT2D eigenvalue weighted by Gasteiger charge is -2.08. The summed E-state index contributed by atoms with van der Waals surface area (Å²) in [7, 11) is -2.38. The molecule has 2 rings (SSSR count). The Bertz CT molecular complexity index is 714. The van der Waals surface area contributed by atoms with Crippen LogP contribution >= 0.6 is 0 Å². The number of aromatic nitrogens is 2. The van der Waals surface area contributed by atoms with Gasteiger partial charge in [-0.3, -0.25) is 0 Å². The molecule has 8 heteroatoms. The number of anilines is 1. The predicted molar refractivity (Wildman–Crippen MR) is 72.2 cm³/mol. The van der Waals surface area contributed by atoms with Crippen molar-refractivity contribution in [3.8, 4) is 11.6 Å². The van der Waals surface area contributed by atoms with E-state index in [0.717, 1.165) is 0 Å². The monoisotopic (exact) mass is 295 g/mol. The third kappa shape index (κ3) is 3.15. The van der Waals surface area contributed by atoms with E-state index >= 15 is 0 Å². The van der Waals surface area contributed by atoms with Crippen LogP contribution in [-0.2, 0) is 10.0 Å². The Morgan fingerprint density at radius 1 is 1.20 bits per heavy atom. The van der Waals surface area contributed by atoms with Gasteiger partial charge in [0, 0.05) is 11.8 Å². The fraction of sp³-hybridized carbons (Fsp3) is 0.167. The Morgan fingerprint density at radius 3 is 2.45 bits per heavy atom. The Morgan fingerprint density at radius 2 is 1.85 bits per heavy atom. The molecular formula is C12H13N3O4S. The maximum Gasteiger partial charge on any atom is 0.264 e. The highest BCUT2D eigenvalue weighted by Gasteiger charge is 2.16. The van der Waals surface area contributed by atoms with Crippen LogP contribution in [0.5, 0.6) is 11.6 Å². The quantitative estimate of drug-likeness (QED) is 0.881. The van der Waals surface area contributed by atoms with Crippen LogP contribution in [0.2, 0.25) is 0 Å². The number of rotatable bonds is 4. The van der Waals surface area contributed by atoms with Gasteiger partial charge in [0.25, 0.3) is 10.0 Å². The first-order valence-corrected chi connectivity index (χ1v) is 7.10. The van der Waals surface area contributed by atoms with Crippen molar-refractivity contribution < 1.29 is 18.3 Å². The number of aryl methyl sites for hydroxylation is 1. The first kappa shape index (κ1) is 14.1. The first-order valence-electron chi connectivity index (χ1n) is 5.62. The van der Waals surface area contributed by atoms with Crippen LogP contribution < -0.4 is 9.46 Å². The molecule has 1 aromatic carbocycles. The zero-order valence-electron chi connectivity index (χ0n) is 10.9. The van der Waals surface area contributed by atoms with Crippen LogP contribution in [0.1, 0.15) is 5.69 Å². The Labute approximate surface area is 116 Å². The second-order valence-corrected chi connectivity index (χ2v) is 5.66. The average molecular weight is 295 g/mol. The van der Waals surface area contributed by atoms with Crippen LogP contribution in [-0.4, -0.2) is 30.6 Å². The minimum Gasteiger partial charge on any atom is -0.508 e. The third-order valence-corrected chi connectivity index (χ3v) is 3.76. The van der Waals surface area contributed by atoms with Crippen molar-refractivity contribution >= 4 is 16.0 Å². The lowest BCUT2D eigenvalue weighted by molar-refractivity contribution is 0.397. The molecule has 0 atom stereocenters. The van der Waals surface area contributed by atoms with E-state index in [0.29, 0.717) is 5.69 Å². The number of phenols is 1. The van der Waals surface area contributed by atoms with Gasteiger partial charge in [-0.2, -0.15) is 4.98 Å². The number of aromatic hydroxyl groups is 1. The number of methoxy groups -OCH3 is 1. The maximum absolute atomic E-state index is 12.1. The summed E-state index contributed by atoms with van der Waals surface area (Å²) in [5.41, 5.74) is 0.570. The number of hydrogen-bond acceptors (Lipinski definition) is 6. The summed E-state index contributed by atoms with van der Waals surface area (Å²) < 4.78 is 31.4. The van der Waals surface area contributed by atoms with Crippen molar-refractivity contribution in [2.45, 2.75) is 11.8 Å². The van der Waals surface area contributed by atoms with Gasteiger partial charge in [0.05, 0.1) is 12.0 Å². The number of nitrogens with zero attached hydrogens (tertiary/aromatic N) is 2. The van der Waals surface area contributed by atoms with Gasteiger partial charge in [0.15, 0.2) is 0 Å². The van der Waals surface area contributed by atoms with Crippen LogP contribution in [0.25, 0.3) is 0 Å². The minimum absolute atomic E-state index is 0.000581. The topological polar surface area (TPSA) is 101 Å². The van der Waals surface area contributed by atoms with Gasteiger partial charge < -0.3 is 9.84 Å². The van der Waals surface area contributed by atoms with Gasteiger partial charge in [-0.1, -0.05) is 0 Å². The number of ether oxygens (including phenoxy) is 1. The first-order chi connectivity index (χ1) is 9.40. The molecule has 0 unspecified atom stereocenters. The number of hydrogen-bond donors (Lipinski definition) is 2. The predicted octanol–water partition coefficient (Wildman–Crippen LogP) is 1.30. The van der Waals surface area contributed by atoms with E-state index in [-0.39, 0.29) is 22.5 Å². The molecule has 0 saturated heterocycles. The van der Waals surface area contributed by atoms with Crippen molar-refractivity contribution in [3.05, 3.63) is 36.0 Å². The van der Waals surface area contributed by atoms with Gasteiger partial charge in [-0.05, 0) is 31.2 Å². The van der Waals surface area contributed by atoms with E-state index in [9.17, 15) is 8.42 Å². The molecule has 2 aromatic rings. The van der Waals surface area contributed by atoms with Crippen molar-refractivity contribution in [3.63, 3.8) is 0 Å². The summed E-state index contributed by atoms with van der Waals surface area (Å²) in [4.78, 5) is 7.89. The zero-order valence-corrected chi connectivity index (χ0v) is 11.7.